The number of thiophene rings is 1. The smallest absolute Gasteiger partial charge is 0.217 e. The number of hydrogen-bond donors (Lipinski definition) is 1. The topological polar surface area (TPSA) is 29.1 Å². The van der Waals surface area contributed by atoms with Gasteiger partial charge in [-0.05, 0) is 17.4 Å². The SMILES string of the molecule is CCC(CC)[C@@H](NC(C)=O)c1cccs1. The van der Waals surface area contributed by atoms with Crippen LogP contribution in [0.4, 0.5) is 0 Å². The van der Waals surface area contributed by atoms with Crippen molar-refractivity contribution < 1.29 is 4.79 Å². The van der Waals surface area contributed by atoms with Gasteiger partial charge in [-0.1, -0.05) is 32.8 Å². The Morgan fingerprint density at radius 3 is 2.53 bits per heavy atom. The number of hydrogen-bond acceptors (Lipinski definition) is 2. The van der Waals surface area contributed by atoms with Gasteiger partial charge < -0.3 is 5.32 Å². The molecule has 1 aromatic heterocycles. The molecular formula is C12H19NOS. The van der Waals surface area contributed by atoms with E-state index in [1.807, 2.05) is 6.07 Å². The van der Waals surface area contributed by atoms with Gasteiger partial charge in [-0.2, -0.15) is 0 Å². The average Bonchev–Trinajstić information content (AvgIpc) is 2.70. The van der Waals surface area contributed by atoms with E-state index in [0.717, 1.165) is 12.8 Å². The molecule has 0 aliphatic rings. The summed E-state index contributed by atoms with van der Waals surface area (Å²) in [6.45, 7) is 5.94. The van der Waals surface area contributed by atoms with E-state index in [4.69, 9.17) is 0 Å². The average molecular weight is 225 g/mol. The highest BCUT2D eigenvalue weighted by molar-refractivity contribution is 7.10. The van der Waals surface area contributed by atoms with Gasteiger partial charge in [0.1, 0.15) is 0 Å². The molecule has 1 atom stereocenters. The van der Waals surface area contributed by atoms with Gasteiger partial charge >= 0.3 is 0 Å². The highest BCUT2D eigenvalue weighted by Crippen LogP contribution is 2.30. The molecule has 1 heterocycles. The Bertz CT molecular complexity index is 291. The van der Waals surface area contributed by atoms with E-state index < -0.39 is 0 Å². The van der Waals surface area contributed by atoms with E-state index in [0.29, 0.717) is 5.92 Å². The molecule has 15 heavy (non-hydrogen) atoms. The molecule has 0 bridgehead atoms. The molecule has 3 heteroatoms. The molecular weight excluding hydrogens is 206 g/mol. The monoisotopic (exact) mass is 225 g/mol. The lowest BCUT2D eigenvalue weighted by molar-refractivity contribution is -0.120. The maximum atomic E-state index is 11.2. The van der Waals surface area contributed by atoms with Crippen LogP contribution < -0.4 is 5.32 Å². The standard InChI is InChI=1S/C12H19NOS/c1-4-10(5-2)12(13-9(3)14)11-7-6-8-15-11/h6-8,10,12H,4-5H2,1-3H3,(H,13,14)/t12-/m1/s1. The number of carbonyl (C=O) groups excluding carboxylic acids is 1. The fourth-order valence-electron chi connectivity index (χ4n) is 1.87. The van der Waals surface area contributed by atoms with Crippen LogP contribution in [-0.2, 0) is 4.79 Å². The molecule has 0 fully saturated rings. The molecule has 0 radical (unpaired) electrons. The molecule has 1 aromatic rings. The van der Waals surface area contributed by atoms with Crippen molar-refractivity contribution in [2.75, 3.05) is 0 Å². The molecule has 0 aliphatic heterocycles. The summed E-state index contributed by atoms with van der Waals surface area (Å²) in [5.41, 5.74) is 0. The summed E-state index contributed by atoms with van der Waals surface area (Å²) in [7, 11) is 0. The van der Waals surface area contributed by atoms with Crippen LogP contribution in [0.3, 0.4) is 0 Å². The Balaban J connectivity index is 2.82. The molecule has 2 nitrogen and oxygen atoms in total. The molecule has 84 valence electrons. The molecule has 1 amide bonds. The van der Waals surface area contributed by atoms with Crippen LogP contribution in [0, 0.1) is 5.92 Å². The maximum Gasteiger partial charge on any atom is 0.217 e. The first kappa shape index (κ1) is 12.2. The fourth-order valence-corrected chi connectivity index (χ4v) is 2.74. The second-order valence-electron chi connectivity index (χ2n) is 3.77. The molecule has 0 spiro atoms. The van der Waals surface area contributed by atoms with Crippen LogP contribution >= 0.6 is 11.3 Å². The van der Waals surface area contributed by atoms with Crippen LogP contribution in [-0.4, -0.2) is 5.91 Å². The van der Waals surface area contributed by atoms with E-state index in [2.05, 4.69) is 30.6 Å². The van der Waals surface area contributed by atoms with Crippen molar-refractivity contribution in [1.82, 2.24) is 5.32 Å². The molecule has 0 saturated carbocycles. The van der Waals surface area contributed by atoms with Gasteiger partial charge in [-0.3, -0.25) is 4.79 Å². The van der Waals surface area contributed by atoms with Crippen LogP contribution in [0.25, 0.3) is 0 Å². The highest BCUT2D eigenvalue weighted by atomic mass is 32.1. The van der Waals surface area contributed by atoms with Gasteiger partial charge in [0.2, 0.25) is 5.91 Å². The van der Waals surface area contributed by atoms with Crippen molar-refractivity contribution in [2.24, 2.45) is 5.92 Å². The van der Waals surface area contributed by atoms with E-state index in [9.17, 15) is 4.79 Å². The predicted octanol–water partition coefficient (Wildman–Crippen LogP) is 3.36. The molecule has 0 aliphatic carbocycles. The van der Waals surface area contributed by atoms with E-state index in [-0.39, 0.29) is 11.9 Å². The van der Waals surface area contributed by atoms with Crippen molar-refractivity contribution >= 4 is 17.2 Å². The van der Waals surface area contributed by atoms with Gasteiger partial charge in [0.05, 0.1) is 6.04 Å². The first-order valence-electron chi connectivity index (χ1n) is 5.49. The summed E-state index contributed by atoms with van der Waals surface area (Å²) in [4.78, 5) is 12.4. The van der Waals surface area contributed by atoms with Crippen molar-refractivity contribution in [3.8, 4) is 0 Å². The minimum absolute atomic E-state index is 0.0558. The fraction of sp³-hybridized carbons (Fsp3) is 0.583. The lowest BCUT2D eigenvalue weighted by Crippen LogP contribution is -2.30. The summed E-state index contributed by atoms with van der Waals surface area (Å²) in [6, 6.07) is 4.33. The summed E-state index contributed by atoms with van der Waals surface area (Å²) in [5, 5.41) is 5.12. The number of nitrogens with one attached hydrogen (secondary N) is 1. The Hall–Kier alpha value is -0.830. The van der Waals surface area contributed by atoms with Crippen molar-refractivity contribution in [2.45, 2.75) is 39.7 Å². The van der Waals surface area contributed by atoms with Crippen molar-refractivity contribution in [3.63, 3.8) is 0 Å². The zero-order valence-electron chi connectivity index (χ0n) is 9.62. The first-order chi connectivity index (χ1) is 7.19. The highest BCUT2D eigenvalue weighted by Gasteiger charge is 2.21. The third-order valence-electron chi connectivity index (χ3n) is 2.73. The van der Waals surface area contributed by atoms with Crippen molar-refractivity contribution in [1.29, 1.82) is 0 Å². The number of carbonyl (C=O) groups is 1. The van der Waals surface area contributed by atoms with Gasteiger partial charge in [0.15, 0.2) is 0 Å². The van der Waals surface area contributed by atoms with Gasteiger partial charge in [-0.25, -0.2) is 0 Å². The lowest BCUT2D eigenvalue weighted by Gasteiger charge is -2.24. The minimum atomic E-state index is 0.0558. The second kappa shape index (κ2) is 5.91. The Labute approximate surface area is 95.7 Å². The number of amides is 1. The summed E-state index contributed by atoms with van der Waals surface area (Å²) < 4.78 is 0. The number of rotatable bonds is 5. The summed E-state index contributed by atoms with van der Waals surface area (Å²) >= 11 is 1.72. The maximum absolute atomic E-state index is 11.2. The molecule has 1 rings (SSSR count). The van der Waals surface area contributed by atoms with Gasteiger partial charge in [-0.15, -0.1) is 11.3 Å². The Kier molecular flexibility index (Phi) is 4.82. The third kappa shape index (κ3) is 3.34. The zero-order chi connectivity index (χ0) is 11.3. The van der Waals surface area contributed by atoms with E-state index in [1.54, 1.807) is 18.3 Å². The molecule has 0 unspecified atom stereocenters. The summed E-state index contributed by atoms with van der Waals surface area (Å²) in [6.07, 6.45) is 2.19. The van der Waals surface area contributed by atoms with Crippen molar-refractivity contribution in [3.05, 3.63) is 22.4 Å². The van der Waals surface area contributed by atoms with E-state index >= 15 is 0 Å². The largest absolute Gasteiger partial charge is 0.348 e. The summed E-state index contributed by atoms with van der Waals surface area (Å²) in [5.74, 6) is 0.591. The molecule has 0 aromatic carbocycles. The third-order valence-corrected chi connectivity index (χ3v) is 3.68. The lowest BCUT2D eigenvalue weighted by atomic mass is 9.93. The van der Waals surface area contributed by atoms with Crippen LogP contribution in [0.2, 0.25) is 0 Å². The minimum Gasteiger partial charge on any atom is -0.348 e. The molecule has 0 saturated heterocycles. The van der Waals surface area contributed by atoms with Crippen LogP contribution in [0.1, 0.15) is 44.5 Å². The van der Waals surface area contributed by atoms with Gasteiger partial charge in [0, 0.05) is 11.8 Å². The van der Waals surface area contributed by atoms with E-state index in [1.165, 1.54) is 4.88 Å². The first-order valence-corrected chi connectivity index (χ1v) is 6.37. The predicted molar refractivity (Wildman–Crippen MR) is 64.9 cm³/mol. The van der Waals surface area contributed by atoms with Crippen LogP contribution in [0.15, 0.2) is 17.5 Å². The van der Waals surface area contributed by atoms with Crippen LogP contribution in [0.5, 0.6) is 0 Å². The Morgan fingerprint density at radius 1 is 1.47 bits per heavy atom. The normalized spacial score (nSPS) is 12.8. The quantitative estimate of drug-likeness (QED) is 0.818. The Morgan fingerprint density at radius 2 is 2.13 bits per heavy atom. The molecule has 1 N–H and O–H groups in total. The second-order valence-corrected chi connectivity index (χ2v) is 4.75. The zero-order valence-corrected chi connectivity index (χ0v) is 10.4. The van der Waals surface area contributed by atoms with Gasteiger partial charge in [0.25, 0.3) is 0 Å².